The number of hydrogen-bond acceptors (Lipinski definition) is 6. The average Bonchev–Trinajstić information content (AvgIpc) is 3.32. The lowest BCUT2D eigenvalue weighted by Crippen LogP contribution is -2.15. The van der Waals surface area contributed by atoms with E-state index in [0.717, 1.165) is 23.3 Å². The van der Waals surface area contributed by atoms with E-state index in [2.05, 4.69) is 21.5 Å². The minimum atomic E-state index is 0.0463. The molecule has 0 aliphatic heterocycles. The lowest BCUT2D eigenvalue weighted by atomic mass is 10.0. The predicted octanol–water partition coefficient (Wildman–Crippen LogP) is 3.29. The van der Waals surface area contributed by atoms with E-state index in [0.29, 0.717) is 23.2 Å². The third-order valence-electron chi connectivity index (χ3n) is 5.29. The van der Waals surface area contributed by atoms with E-state index in [1.54, 1.807) is 16.8 Å². The molecule has 0 spiro atoms. The smallest absolute Gasteiger partial charge is 0.166 e. The van der Waals surface area contributed by atoms with E-state index in [-0.39, 0.29) is 30.3 Å². The van der Waals surface area contributed by atoms with Crippen LogP contribution in [0.4, 0.5) is 5.69 Å². The van der Waals surface area contributed by atoms with Gasteiger partial charge in [0.15, 0.2) is 5.78 Å². The molecule has 0 aromatic carbocycles. The number of fused-ring (bicyclic) bond motifs is 1. The van der Waals surface area contributed by atoms with Gasteiger partial charge >= 0.3 is 0 Å². The van der Waals surface area contributed by atoms with Crippen LogP contribution >= 0.6 is 0 Å². The molecule has 1 fully saturated rings. The molecule has 3 aromatic rings. The number of anilines is 1. The van der Waals surface area contributed by atoms with E-state index in [4.69, 9.17) is 5.26 Å². The molecule has 1 aliphatic carbocycles. The third-order valence-corrected chi connectivity index (χ3v) is 5.29. The Morgan fingerprint density at radius 2 is 2.17 bits per heavy atom. The van der Waals surface area contributed by atoms with Gasteiger partial charge in [-0.1, -0.05) is 0 Å². The molecule has 0 amide bonds. The number of aliphatic hydroxyl groups excluding tert-OH is 1. The number of Topliss-reactive ketones (excluding diaryl/α,β-unsaturated/α-hetero) is 1. The van der Waals surface area contributed by atoms with Gasteiger partial charge in [0.1, 0.15) is 6.07 Å². The van der Waals surface area contributed by atoms with Gasteiger partial charge in [-0.3, -0.25) is 9.78 Å². The van der Waals surface area contributed by atoms with Gasteiger partial charge in [-0.15, -0.1) is 0 Å². The fourth-order valence-electron chi connectivity index (χ4n) is 3.63. The van der Waals surface area contributed by atoms with Crippen LogP contribution in [0.25, 0.3) is 16.9 Å². The number of ketones is 1. The van der Waals surface area contributed by atoms with Gasteiger partial charge in [-0.05, 0) is 56.4 Å². The van der Waals surface area contributed by atoms with E-state index in [1.165, 1.54) is 6.20 Å². The molecule has 0 bridgehead atoms. The minimum absolute atomic E-state index is 0.0463. The lowest BCUT2D eigenvalue weighted by molar-refractivity contribution is 0.0973. The molecular formula is C22H23N5O2. The summed E-state index contributed by atoms with van der Waals surface area (Å²) in [5.41, 5.74) is 4.12. The predicted molar refractivity (Wildman–Crippen MR) is 110 cm³/mol. The van der Waals surface area contributed by atoms with Crippen molar-refractivity contribution in [2.75, 3.05) is 11.9 Å². The Hall–Kier alpha value is -3.24. The first-order valence-corrected chi connectivity index (χ1v) is 9.79. The van der Waals surface area contributed by atoms with Crippen LogP contribution in [0.2, 0.25) is 0 Å². The van der Waals surface area contributed by atoms with Crippen molar-refractivity contribution in [1.29, 1.82) is 5.26 Å². The fourth-order valence-corrected chi connectivity index (χ4v) is 3.63. The van der Waals surface area contributed by atoms with Crippen LogP contribution in [0.15, 0.2) is 36.7 Å². The lowest BCUT2D eigenvalue weighted by Gasteiger charge is -2.15. The third kappa shape index (κ3) is 3.84. The van der Waals surface area contributed by atoms with Crippen LogP contribution in [0, 0.1) is 23.2 Å². The highest BCUT2D eigenvalue weighted by molar-refractivity contribution is 6.01. The first-order chi connectivity index (χ1) is 14.0. The first kappa shape index (κ1) is 19.1. The molecule has 2 atom stereocenters. The molecule has 3 heterocycles. The molecule has 2 N–H and O–H groups in total. The van der Waals surface area contributed by atoms with Crippen molar-refractivity contribution < 1.29 is 9.90 Å². The monoisotopic (exact) mass is 389 g/mol. The summed E-state index contributed by atoms with van der Waals surface area (Å²) < 4.78 is 1.74. The van der Waals surface area contributed by atoms with Gasteiger partial charge in [0.05, 0.1) is 34.2 Å². The number of carbonyl (C=O) groups excluding carboxylic acids is 1. The zero-order chi connectivity index (χ0) is 20.5. The topological polar surface area (TPSA) is 103 Å². The Labute approximate surface area is 169 Å². The van der Waals surface area contributed by atoms with Crippen LogP contribution in [-0.2, 0) is 0 Å². The van der Waals surface area contributed by atoms with Crippen LogP contribution in [-0.4, -0.2) is 38.1 Å². The molecule has 0 saturated heterocycles. The van der Waals surface area contributed by atoms with Crippen molar-refractivity contribution in [3.8, 4) is 17.5 Å². The molecule has 7 heteroatoms. The minimum Gasteiger partial charge on any atom is -0.396 e. The second-order valence-corrected chi connectivity index (χ2v) is 7.89. The number of nitriles is 1. The highest BCUT2D eigenvalue weighted by Crippen LogP contribution is 2.41. The molecule has 0 radical (unpaired) electrons. The molecule has 4 rings (SSSR count). The number of nitrogens with one attached hydrogen (secondary N) is 1. The average molecular weight is 389 g/mol. The normalized spacial score (nSPS) is 18.0. The van der Waals surface area contributed by atoms with Gasteiger partial charge in [-0.2, -0.15) is 10.4 Å². The Balaban J connectivity index is 1.69. The largest absolute Gasteiger partial charge is 0.396 e. The summed E-state index contributed by atoms with van der Waals surface area (Å²) in [6.07, 6.45) is 4.50. The molecule has 1 aliphatic rings. The number of pyridine rings is 1. The van der Waals surface area contributed by atoms with E-state index in [1.807, 2.05) is 32.0 Å². The van der Waals surface area contributed by atoms with Crippen molar-refractivity contribution in [2.24, 2.45) is 11.8 Å². The Kier molecular flexibility index (Phi) is 5.03. The summed E-state index contributed by atoms with van der Waals surface area (Å²) in [7, 11) is 0. The van der Waals surface area contributed by atoms with Crippen LogP contribution in [0.1, 0.15) is 42.6 Å². The zero-order valence-corrected chi connectivity index (χ0v) is 16.5. The maximum Gasteiger partial charge on any atom is 0.166 e. The van der Waals surface area contributed by atoms with Crippen molar-refractivity contribution in [2.45, 2.75) is 32.7 Å². The summed E-state index contributed by atoms with van der Waals surface area (Å²) in [6.45, 7) is 4.19. The molecular weight excluding hydrogens is 366 g/mol. The van der Waals surface area contributed by atoms with E-state index < -0.39 is 0 Å². The fraction of sp³-hybridized carbons (Fsp3) is 0.364. The van der Waals surface area contributed by atoms with Gasteiger partial charge in [0.2, 0.25) is 0 Å². The van der Waals surface area contributed by atoms with Crippen molar-refractivity contribution >= 4 is 17.0 Å². The summed E-state index contributed by atoms with van der Waals surface area (Å²) in [6, 6.07) is 9.70. The Morgan fingerprint density at radius 1 is 1.34 bits per heavy atom. The number of rotatable bonds is 7. The van der Waals surface area contributed by atoms with Crippen molar-refractivity contribution in [3.05, 3.63) is 47.8 Å². The number of hydrogen-bond donors (Lipinski definition) is 2. The van der Waals surface area contributed by atoms with Gasteiger partial charge in [-0.25, -0.2) is 4.52 Å². The highest BCUT2D eigenvalue weighted by Gasteiger charge is 2.38. The second-order valence-electron chi connectivity index (χ2n) is 7.89. The van der Waals surface area contributed by atoms with Crippen LogP contribution in [0.3, 0.4) is 0 Å². The van der Waals surface area contributed by atoms with Crippen LogP contribution < -0.4 is 5.32 Å². The summed E-state index contributed by atoms with van der Waals surface area (Å²) >= 11 is 0. The van der Waals surface area contributed by atoms with Gasteiger partial charge in [0, 0.05) is 31.0 Å². The van der Waals surface area contributed by atoms with E-state index >= 15 is 0 Å². The van der Waals surface area contributed by atoms with Crippen LogP contribution in [0.5, 0.6) is 0 Å². The van der Waals surface area contributed by atoms with Crippen molar-refractivity contribution in [3.63, 3.8) is 0 Å². The number of nitrogens with zero attached hydrogens (tertiary/aromatic N) is 4. The standard InChI is InChI=1S/C22H23N5O2/c1-13(2)26-19-8-20(21-4-3-17-5-14(9-23)10-25-27(17)21)24-11-18(19)22(29)7-15-6-16(15)12-28/h3-5,8,10-11,13,15-16,28H,6-7,12H2,1-2H3,(H,24,26). The SMILES string of the molecule is CC(C)Nc1cc(-c2ccc3cc(C#N)cnn23)ncc1C(=O)CC1CC1CO. The Morgan fingerprint density at radius 3 is 2.86 bits per heavy atom. The number of aliphatic hydroxyl groups is 1. The molecule has 3 aromatic heterocycles. The summed E-state index contributed by atoms with van der Waals surface area (Å²) in [4.78, 5) is 17.4. The second kappa shape index (κ2) is 7.64. The molecule has 148 valence electrons. The maximum absolute atomic E-state index is 12.8. The summed E-state index contributed by atoms with van der Waals surface area (Å²) in [5.74, 6) is 0.571. The maximum atomic E-state index is 12.8. The summed E-state index contributed by atoms with van der Waals surface area (Å²) in [5, 5.41) is 26.0. The number of aromatic nitrogens is 3. The van der Waals surface area contributed by atoms with Gasteiger partial charge in [0.25, 0.3) is 0 Å². The number of carbonyl (C=O) groups is 1. The van der Waals surface area contributed by atoms with Gasteiger partial charge < -0.3 is 10.4 Å². The van der Waals surface area contributed by atoms with Crippen molar-refractivity contribution in [1.82, 2.24) is 14.6 Å². The quantitative estimate of drug-likeness (QED) is 0.601. The van der Waals surface area contributed by atoms with E-state index in [9.17, 15) is 9.90 Å². The highest BCUT2D eigenvalue weighted by atomic mass is 16.3. The molecule has 1 saturated carbocycles. The molecule has 2 unspecified atom stereocenters. The Bertz CT molecular complexity index is 1110. The first-order valence-electron chi connectivity index (χ1n) is 9.79. The zero-order valence-electron chi connectivity index (χ0n) is 16.5. The molecule has 7 nitrogen and oxygen atoms in total. The molecule has 29 heavy (non-hydrogen) atoms.